The van der Waals surface area contributed by atoms with Crippen LogP contribution in [0.5, 0.6) is 0 Å². The van der Waals surface area contributed by atoms with E-state index in [-0.39, 0.29) is 12.3 Å². The summed E-state index contributed by atoms with van der Waals surface area (Å²) in [5, 5.41) is 8.80. The van der Waals surface area contributed by atoms with Crippen LogP contribution in [0, 0.1) is 5.92 Å². The van der Waals surface area contributed by atoms with Crippen molar-refractivity contribution in [3.63, 3.8) is 0 Å². The lowest BCUT2D eigenvalue weighted by Gasteiger charge is -2.19. The summed E-state index contributed by atoms with van der Waals surface area (Å²) in [7, 11) is 1.33. The number of hydrogen-bond donors (Lipinski definition) is 1. The second-order valence-corrected chi connectivity index (χ2v) is 4.56. The maximum absolute atomic E-state index is 11.7. The van der Waals surface area contributed by atoms with Gasteiger partial charge in [0.15, 0.2) is 0 Å². The van der Waals surface area contributed by atoms with Crippen LogP contribution in [-0.2, 0) is 9.53 Å². The third-order valence-corrected chi connectivity index (χ3v) is 3.24. The predicted octanol–water partition coefficient (Wildman–Crippen LogP) is 1.17. The molecule has 0 aromatic carbocycles. The molecule has 0 saturated carbocycles. The number of aromatic nitrogens is 1. The lowest BCUT2D eigenvalue weighted by Crippen LogP contribution is -2.24. The maximum atomic E-state index is 11.7. The standard InChI is InChI=1S/C13H16N2O4/c1-19-13(18)10-3-2-5-14-12(10)15-6-4-9(8-15)7-11(16)17/h2-3,5,9H,4,6-8H2,1H3,(H,16,17). The van der Waals surface area contributed by atoms with Gasteiger partial charge in [-0.15, -0.1) is 0 Å². The average Bonchev–Trinajstić information content (AvgIpc) is 2.85. The van der Waals surface area contributed by atoms with Crippen LogP contribution < -0.4 is 4.90 Å². The molecule has 1 atom stereocenters. The number of carbonyl (C=O) groups excluding carboxylic acids is 1. The molecule has 2 rings (SSSR count). The Balaban J connectivity index is 2.15. The van der Waals surface area contributed by atoms with Crippen LogP contribution >= 0.6 is 0 Å². The zero-order chi connectivity index (χ0) is 13.8. The Morgan fingerprint density at radius 1 is 1.58 bits per heavy atom. The van der Waals surface area contributed by atoms with Gasteiger partial charge in [0.1, 0.15) is 11.4 Å². The van der Waals surface area contributed by atoms with Crippen molar-refractivity contribution in [2.24, 2.45) is 5.92 Å². The van der Waals surface area contributed by atoms with Crippen LogP contribution in [0.2, 0.25) is 0 Å². The lowest BCUT2D eigenvalue weighted by molar-refractivity contribution is -0.137. The van der Waals surface area contributed by atoms with Crippen LogP contribution in [0.4, 0.5) is 5.82 Å². The Morgan fingerprint density at radius 2 is 2.37 bits per heavy atom. The Labute approximate surface area is 111 Å². The first kappa shape index (κ1) is 13.3. The molecular formula is C13H16N2O4. The Kier molecular flexibility index (Phi) is 3.99. The Bertz CT molecular complexity index is 489. The molecule has 1 saturated heterocycles. The first-order valence-electron chi connectivity index (χ1n) is 6.12. The fourth-order valence-electron chi connectivity index (χ4n) is 2.36. The highest BCUT2D eigenvalue weighted by Gasteiger charge is 2.28. The zero-order valence-corrected chi connectivity index (χ0v) is 10.7. The number of rotatable bonds is 4. The highest BCUT2D eigenvalue weighted by molar-refractivity contribution is 5.94. The van der Waals surface area contributed by atoms with Crippen molar-refractivity contribution in [3.8, 4) is 0 Å². The third kappa shape index (κ3) is 3.01. The van der Waals surface area contributed by atoms with E-state index in [0.717, 1.165) is 6.42 Å². The second kappa shape index (κ2) is 5.69. The van der Waals surface area contributed by atoms with Crippen molar-refractivity contribution < 1.29 is 19.4 Å². The molecular weight excluding hydrogens is 248 g/mol. The molecule has 1 aliphatic rings. The minimum absolute atomic E-state index is 0.102. The number of pyridine rings is 1. The molecule has 1 aliphatic heterocycles. The van der Waals surface area contributed by atoms with E-state index >= 15 is 0 Å². The topological polar surface area (TPSA) is 79.7 Å². The maximum Gasteiger partial charge on any atom is 0.341 e. The summed E-state index contributed by atoms with van der Waals surface area (Å²) < 4.78 is 4.73. The van der Waals surface area contributed by atoms with E-state index in [9.17, 15) is 9.59 Å². The molecule has 0 amide bonds. The van der Waals surface area contributed by atoms with Gasteiger partial charge >= 0.3 is 11.9 Å². The molecule has 6 heteroatoms. The number of aliphatic carboxylic acids is 1. The molecule has 1 unspecified atom stereocenters. The van der Waals surface area contributed by atoms with E-state index in [1.807, 2.05) is 4.90 Å². The first-order chi connectivity index (χ1) is 9.11. The number of carbonyl (C=O) groups is 2. The van der Waals surface area contributed by atoms with E-state index in [1.165, 1.54) is 7.11 Å². The molecule has 19 heavy (non-hydrogen) atoms. The number of ether oxygens (including phenoxy) is 1. The Morgan fingerprint density at radius 3 is 3.05 bits per heavy atom. The van der Waals surface area contributed by atoms with Gasteiger partial charge in [-0.1, -0.05) is 0 Å². The first-order valence-corrected chi connectivity index (χ1v) is 6.12. The molecule has 1 N–H and O–H groups in total. The van der Waals surface area contributed by atoms with Crippen molar-refractivity contribution in [3.05, 3.63) is 23.9 Å². The summed E-state index contributed by atoms with van der Waals surface area (Å²) in [4.78, 5) is 28.5. The Hall–Kier alpha value is -2.11. The van der Waals surface area contributed by atoms with E-state index in [0.29, 0.717) is 24.5 Å². The molecule has 0 bridgehead atoms. The fourth-order valence-corrected chi connectivity index (χ4v) is 2.36. The van der Waals surface area contributed by atoms with Gasteiger partial charge in [0.25, 0.3) is 0 Å². The number of carboxylic acids is 1. The van der Waals surface area contributed by atoms with Crippen molar-refractivity contribution >= 4 is 17.8 Å². The average molecular weight is 264 g/mol. The van der Waals surface area contributed by atoms with Gasteiger partial charge in [0, 0.05) is 25.7 Å². The van der Waals surface area contributed by atoms with Gasteiger partial charge in [0.2, 0.25) is 0 Å². The van der Waals surface area contributed by atoms with Crippen LogP contribution in [0.1, 0.15) is 23.2 Å². The predicted molar refractivity (Wildman–Crippen MR) is 68.1 cm³/mol. The number of methoxy groups -OCH3 is 1. The SMILES string of the molecule is COC(=O)c1cccnc1N1CCC(CC(=O)O)C1. The summed E-state index contributed by atoms with van der Waals surface area (Å²) in [6, 6.07) is 3.35. The normalized spacial score (nSPS) is 18.4. The summed E-state index contributed by atoms with van der Waals surface area (Å²) in [6.45, 7) is 1.31. The van der Waals surface area contributed by atoms with Crippen molar-refractivity contribution in [1.29, 1.82) is 0 Å². The summed E-state index contributed by atoms with van der Waals surface area (Å²) in [5.41, 5.74) is 0.418. The second-order valence-electron chi connectivity index (χ2n) is 4.56. The van der Waals surface area contributed by atoms with E-state index in [1.54, 1.807) is 18.3 Å². The molecule has 0 spiro atoms. The number of carboxylic acid groups (broad SMARTS) is 1. The van der Waals surface area contributed by atoms with Crippen LogP contribution in [-0.4, -0.2) is 42.2 Å². The van der Waals surface area contributed by atoms with Gasteiger partial charge in [-0.05, 0) is 24.5 Å². The minimum Gasteiger partial charge on any atom is -0.481 e. The van der Waals surface area contributed by atoms with Crippen LogP contribution in [0.15, 0.2) is 18.3 Å². The largest absolute Gasteiger partial charge is 0.481 e. The quantitative estimate of drug-likeness (QED) is 0.822. The van der Waals surface area contributed by atoms with Gasteiger partial charge in [0.05, 0.1) is 7.11 Å². The van der Waals surface area contributed by atoms with Crippen LogP contribution in [0.3, 0.4) is 0 Å². The highest BCUT2D eigenvalue weighted by Crippen LogP contribution is 2.27. The minimum atomic E-state index is -0.791. The number of nitrogens with zero attached hydrogens (tertiary/aromatic N) is 2. The van der Waals surface area contributed by atoms with Crippen molar-refractivity contribution in [2.45, 2.75) is 12.8 Å². The molecule has 1 aromatic rings. The molecule has 6 nitrogen and oxygen atoms in total. The number of hydrogen-bond acceptors (Lipinski definition) is 5. The van der Waals surface area contributed by atoms with Gasteiger partial charge < -0.3 is 14.7 Å². The van der Waals surface area contributed by atoms with E-state index < -0.39 is 11.9 Å². The van der Waals surface area contributed by atoms with Crippen molar-refractivity contribution in [1.82, 2.24) is 4.98 Å². The molecule has 1 fully saturated rings. The summed E-state index contributed by atoms with van der Waals surface area (Å²) in [5.74, 6) is -0.543. The van der Waals surface area contributed by atoms with E-state index in [4.69, 9.17) is 9.84 Å². The number of anilines is 1. The highest BCUT2D eigenvalue weighted by atomic mass is 16.5. The van der Waals surface area contributed by atoms with Crippen molar-refractivity contribution in [2.75, 3.05) is 25.1 Å². The lowest BCUT2D eigenvalue weighted by atomic mass is 10.1. The zero-order valence-electron chi connectivity index (χ0n) is 10.7. The summed E-state index contributed by atoms with van der Waals surface area (Å²) in [6.07, 6.45) is 2.56. The fraction of sp³-hybridized carbons (Fsp3) is 0.462. The number of esters is 1. The smallest absolute Gasteiger partial charge is 0.341 e. The molecule has 0 radical (unpaired) electrons. The molecule has 102 valence electrons. The van der Waals surface area contributed by atoms with Gasteiger partial charge in [-0.2, -0.15) is 0 Å². The third-order valence-electron chi connectivity index (χ3n) is 3.24. The molecule has 2 heterocycles. The molecule has 0 aliphatic carbocycles. The van der Waals surface area contributed by atoms with Gasteiger partial charge in [-0.25, -0.2) is 9.78 Å². The monoisotopic (exact) mass is 264 g/mol. The molecule has 1 aromatic heterocycles. The summed E-state index contributed by atoms with van der Waals surface area (Å²) >= 11 is 0. The van der Waals surface area contributed by atoms with Gasteiger partial charge in [-0.3, -0.25) is 4.79 Å². The van der Waals surface area contributed by atoms with E-state index in [2.05, 4.69) is 4.98 Å². The van der Waals surface area contributed by atoms with Crippen LogP contribution in [0.25, 0.3) is 0 Å².